The van der Waals surface area contributed by atoms with Crippen molar-refractivity contribution in [3.63, 3.8) is 0 Å². The normalized spacial score (nSPS) is 15.5. The Morgan fingerprint density at radius 1 is 1.33 bits per heavy atom. The Morgan fingerprint density at radius 3 is 3.00 bits per heavy atom. The van der Waals surface area contributed by atoms with Gasteiger partial charge in [0.15, 0.2) is 0 Å². The molecule has 0 saturated carbocycles. The zero-order valence-electron chi connectivity index (χ0n) is 16.1. The molecule has 3 aromatic rings. The van der Waals surface area contributed by atoms with Crippen molar-refractivity contribution in [3.05, 3.63) is 66.0 Å². The second-order valence-electron chi connectivity index (χ2n) is 6.95. The molecule has 3 aromatic heterocycles. The first-order valence-corrected chi connectivity index (χ1v) is 9.43. The van der Waals surface area contributed by atoms with Gasteiger partial charge in [0.25, 0.3) is 5.91 Å². The zero-order valence-corrected chi connectivity index (χ0v) is 16.1. The number of amides is 1. The summed E-state index contributed by atoms with van der Waals surface area (Å²) in [6.07, 6.45) is 7.69. The number of rotatable bonds is 6. The highest BCUT2D eigenvalue weighted by Crippen LogP contribution is 2.29. The Hall–Kier alpha value is -3.93. The topological polar surface area (TPSA) is 100 Å². The largest absolute Gasteiger partial charge is 0.270 e. The van der Waals surface area contributed by atoms with Gasteiger partial charge in [-0.1, -0.05) is 6.58 Å². The van der Waals surface area contributed by atoms with E-state index in [1.54, 1.807) is 35.4 Å². The average molecular weight is 403 g/mol. The monoisotopic (exact) mass is 403 g/mol. The van der Waals surface area contributed by atoms with E-state index in [-0.39, 0.29) is 11.9 Å². The fraction of sp³-hybridized carbons (Fsp3) is 0.238. The number of hydrogen-bond donors (Lipinski definition) is 0. The quantitative estimate of drug-likeness (QED) is 0.589. The van der Waals surface area contributed by atoms with Gasteiger partial charge in [-0.2, -0.15) is 15.5 Å². The number of carbonyl (C=O) groups is 1. The first kappa shape index (κ1) is 19.4. The average Bonchev–Trinajstić information content (AvgIpc) is 3.39. The number of aryl methyl sites for hydroxylation is 1. The summed E-state index contributed by atoms with van der Waals surface area (Å²) in [6, 6.07) is 6.37. The minimum absolute atomic E-state index is 0.288. The number of hydrogen-bond acceptors (Lipinski definition) is 6. The van der Waals surface area contributed by atoms with Crippen molar-refractivity contribution in [2.24, 2.45) is 5.10 Å². The van der Waals surface area contributed by atoms with Gasteiger partial charge in [-0.3, -0.25) is 14.5 Å². The van der Waals surface area contributed by atoms with Crippen LogP contribution < -0.4 is 0 Å². The molecule has 0 fully saturated rings. The third kappa shape index (κ3) is 3.93. The predicted molar refractivity (Wildman–Crippen MR) is 108 cm³/mol. The summed E-state index contributed by atoms with van der Waals surface area (Å²) >= 11 is 0. The summed E-state index contributed by atoms with van der Waals surface area (Å²) in [6.45, 7) is 4.48. The van der Waals surface area contributed by atoms with Gasteiger partial charge in [0.05, 0.1) is 18.4 Å². The van der Waals surface area contributed by atoms with Crippen molar-refractivity contribution < 1.29 is 9.18 Å². The smallest absolute Gasteiger partial charge is 0.269 e. The highest BCUT2D eigenvalue weighted by Gasteiger charge is 2.29. The first-order valence-electron chi connectivity index (χ1n) is 9.43. The molecule has 4 heterocycles. The number of pyridine rings is 2. The van der Waals surface area contributed by atoms with Gasteiger partial charge in [-0.25, -0.2) is 14.4 Å². The van der Waals surface area contributed by atoms with Crippen LogP contribution in [0.4, 0.5) is 4.39 Å². The number of carbonyl (C=O) groups excluding carboxylic acids is 1. The molecule has 150 valence electrons. The van der Waals surface area contributed by atoms with E-state index in [0.29, 0.717) is 53.7 Å². The second kappa shape index (κ2) is 8.21. The van der Waals surface area contributed by atoms with Crippen molar-refractivity contribution in [2.45, 2.75) is 31.8 Å². The van der Waals surface area contributed by atoms with Gasteiger partial charge < -0.3 is 0 Å². The van der Waals surface area contributed by atoms with Crippen LogP contribution >= 0.6 is 0 Å². The lowest BCUT2D eigenvalue weighted by Gasteiger charge is -2.22. The van der Waals surface area contributed by atoms with Crippen molar-refractivity contribution in [1.82, 2.24) is 24.8 Å². The van der Waals surface area contributed by atoms with E-state index in [1.165, 1.54) is 11.1 Å². The molecular formula is C21H18FN7O. The molecule has 1 aliphatic rings. The molecular weight excluding hydrogens is 385 g/mol. The second-order valence-corrected chi connectivity index (χ2v) is 6.95. The third-order valence-electron chi connectivity index (χ3n) is 4.84. The van der Waals surface area contributed by atoms with E-state index in [2.05, 4.69) is 26.7 Å². The van der Waals surface area contributed by atoms with Crippen molar-refractivity contribution in [1.29, 1.82) is 5.26 Å². The van der Waals surface area contributed by atoms with Crippen LogP contribution in [0.5, 0.6) is 0 Å². The van der Waals surface area contributed by atoms with E-state index in [1.807, 2.05) is 6.07 Å². The fourth-order valence-electron chi connectivity index (χ4n) is 3.35. The van der Waals surface area contributed by atoms with Gasteiger partial charge in [-0.05, 0) is 36.6 Å². The molecule has 1 aliphatic heterocycles. The molecule has 0 bridgehead atoms. The Balaban J connectivity index is 1.36. The van der Waals surface area contributed by atoms with Crippen LogP contribution in [0.1, 0.15) is 36.6 Å². The molecule has 0 saturated heterocycles. The van der Waals surface area contributed by atoms with Crippen LogP contribution in [0.25, 0.3) is 11.0 Å². The van der Waals surface area contributed by atoms with E-state index in [9.17, 15) is 9.18 Å². The Labute approximate surface area is 172 Å². The maximum Gasteiger partial charge on any atom is 0.269 e. The lowest BCUT2D eigenvalue weighted by Crippen LogP contribution is -2.28. The minimum atomic E-state index is -0.450. The SMILES string of the molecule is C=C(CCCn1cc2nc(C#N)ccc2n1)C(=O)N1N=CCC1c1cncc(F)c1. The fourth-order valence-corrected chi connectivity index (χ4v) is 3.35. The van der Waals surface area contributed by atoms with Crippen LogP contribution in [0.2, 0.25) is 0 Å². The van der Waals surface area contributed by atoms with Gasteiger partial charge in [0.2, 0.25) is 0 Å². The highest BCUT2D eigenvalue weighted by atomic mass is 19.1. The number of aromatic nitrogens is 4. The summed E-state index contributed by atoms with van der Waals surface area (Å²) in [5, 5.41) is 18.8. The van der Waals surface area contributed by atoms with Gasteiger partial charge in [0, 0.05) is 31.0 Å². The molecule has 0 spiro atoms. The third-order valence-corrected chi connectivity index (χ3v) is 4.84. The Bertz CT molecular complexity index is 1190. The molecule has 30 heavy (non-hydrogen) atoms. The van der Waals surface area contributed by atoms with Crippen LogP contribution in [0, 0.1) is 17.1 Å². The lowest BCUT2D eigenvalue weighted by molar-refractivity contribution is -0.129. The molecule has 4 rings (SSSR count). The summed E-state index contributed by atoms with van der Waals surface area (Å²) in [5.41, 5.74) is 2.73. The molecule has 1 unspecified atom stereocenters. The van der Waals surface area contributed by atoms with Gasteiger partial charge >= 0.3 is 0 Å². The standard InChI is InChI=1S/C21H18FN7O/c1-14(3-2-8-28-13-19-18(27-28)5-4-17(10-23)26-19)21(30)29-20(6-7-25-29)15-9-16(22)12-24-11-15/h4-5,7,9,11-13,20H,1-3,6,8H2. The van der Waals surface area contributed by atoms with E-state index in [4.69, 9.17) is 5.26 Å². The molecule has 0 aromatic carbocycles. The van der Waals surface area contributed by atoms with Crippen LogP contribution in [-0.4, -0.2) is 36.9 Å². The van der Waals surface area contributed by atoms with Crippen LogP contribution in [-0.2, 0) is 11.3 Å². The number of nitriles is 1. The number of fused-ring (bicyclic) bond motifs is 1. The molecule has 8 nitrogen and oxygen atoms in total. The Kier molecular flexibility index (Phi) is 5.30. The zero-order chi connectivity index (χ0) is 21.1. The highest BCUT2D eigenvalue weighted by molar-refractivity contribution is 5.94. The molecule has 1 amide bonds. The molecule has 0 aliphatic carbocycles. The summed E-state index contributed by atoms with van der Waals surface area (Å²) in [4.78, 5) is 20.9. The summed E-state index contributed by atoms with van der Waals surface area (Å²) in [5.74, 6) is -0.738. The van der Waals surface area contributed by atoms with E-state index >= 15 is 0 Å². The molecule has 0 N–H and O–H groups in total. The minimum Gasteiger partial charge on any atom is -0.270 e. The van der Waals surface area contributed by atoms with Crippen LogP contribution in [0.3, 0.4) is 0 Å². The summed E-state index contributed by atoms with van der Waals surface area (Å²) in [7, 11) is 0. The van der Waals surface area contributed by atoms with Crippen molar-refractivity contribution in [3.8, 4) is 6.07 Å². The van der Waals surface area contributed by atoms with Crippen molar-refractivity contribution >= 4 is 23.2 Å². The molecule has 9 heteroatoms. The van der Waals surface area contributed by atoms with Gasteiger partial charge in [0.1, 0.15) is 28.6 Å². The van der Waals surface area contributed by atoms with E-state index < -0.39 is 5.82 Å². The summed E-state index contributed by atoms with van der Waals surface area (Å²) < 4.78 is 15.2. The van der Waals surface area contributed by atoms with E-state index in [0.717, 1.165) is 6.20 Å². The number of hydrazone groups is 1. The number of nitrogens with zero attached hydrogens (tertiary/aromatic N) is 7. The maximum atomic E-state index is 13.5. The predicted octanol–water partition coefficient (Wildman–Crippen LogP) is 3.13. The lowest BCUT2D eigenvalue weighted by atomic mass is 10.0. The maximum absolute atomic E-state index is 13.5. The Morgan fingerprint density at radius 2 is 2.20 bits per heavy atom. The van der Waals surface area contributed by atoms with Gasteiger partial charge in [-0.15, -0.1) is 0 Å². The molecule has 0 radical (unpaired) electrons. The first-order chi connectivity index (χ1) is 14.5. The number of halogens is 1. The van der Waals surface area contributed by atoms with Crippen LogP contribution in [0.15, 0.2) is 54.0 Å². The van der Waals surface area contributed by atoms with Crippen molar-refractivity contribution in [2.75, 3.05) is 0 Å². The molecule has 1 atom stereocenters.